The fourth-order valence-corrected chi connectivity index (χ4v) is 3.55. The molecular weight excluding hydrogens is 370 g/mol. The molecule has 0 saturated carbocycles. The molecule has 136 valence electrons. The zero-order valence-electron chi connectivity index (χ0n) is 14.8. The predicted molar refractivity (Wildman–Crippen MR) is 106 cm³/mol. The van der Waals surface area contributed by atoms with Gasteiger partial charge in [0, 0.05) is 36.1 Å². The van der Waals surface area contributed by atoms with E-state index in [2.05, 4.69) is 21.0 Å². The highest BCUT2D eigenvalue weighted by atomic mass is 35.5. The highest BCUT2D eigenvalue weighted by Gasteiger charge is 2.31. The minimum absolute atomic E-state index is 0.185. The molecule has 8 heteroatoms. The van der Waals surface area contributed by atoms with Crippen LogP contribution in [0.15, 0.2) is 41.9 Å². The molecular formula is C18H20ClN5OS. The van der Waals surface area contributed by atoms with Crippen LogP contribution in [0.3, 0.4) is 0 Å². The number of hydrogen-bond acceptors (Lipinski definition) is 3. The number of carbonyl (C=O) groups is 1. The van der Waals surface area contributed by atoms with E-state index < -0.39 is 6.04 Å². The summed E-state index contributed by atoms with van der Waals surface area (Å²) in [7, 11) is 1.84. The first kappa shape index (κ1) is 18.4. The van der Waals surface area contributed by atoms with Gasteiger partial charge in [-0.1, -0.05) is 23.7 Å². The average Bonchev–Trinajstić information content (AvgIpc) is 2.97. The van der Waals surface area contributed by atoms with Crippen molar-refractivity contribution in [2.45, 2.75) is 26.4 Å². The standard InChI is InChI=1S/C18H20ClN5OS/c1-10-4-5-13(14(19)6-10)16-15(11(2)22-18(26)23-16)17(25)20-7-12-8-21-24(3)9-12/h4-6,8-9,16H,7H2,1-3H3,(H,20,25)(H2,22,23,26). The molecule has 1 amide bonds. The highest BCUT2D eigenvalue weighted by molar-refractivity contribution is 7.80. The maximum Gasteiger partial charge on any atom is 0.251 e. The molecule has 2 heterocycles. The number of thiocarbonyl (C=S) groups is 1. The maximum absolute atomic E-state index is 12.9. The van der Waals surface area contributed by atoms with Gasteiger partial charge < -0.3 is 16.0 Å². The first-order valence-electron chi connectivity index (χ1n) is 8.15. The molecule has 0 saturated heterocycles. The molecule has 0 bridgehead atoms. The minimum Gasteiger partial charge on any atom is -0.351 e. The Morgan fingerprint density at radius 3 is 2.85 bits per heavy atom. The summed E-state index contributed by atoms with van der Waals surface area (Å²) >= 11 is 11.7. The van der Waals surface area contributed by atoms with Crippen molar-refractivity contribution in [2.24, 2.45) is 7.05 Å². The van der Waals surface area contributed by atoms with Crippen LogP contribution >= 0.6 is 23.8 Å². The van der Waals surface area contributed by atoms with Gasteiger partial charge in [-0.25, -0.2) is 0 Å². The lowest BCUT2D eigenvalue weighted by Crippen LogP contribution is -2.46. The number of allylic oxidation sites excluding steroid dienone is 1. The molecule has 0 spiro atoms. The summed E-state index contributed by atoms with van der Waals surface area (Å²) < 4.78 is 1.70. The van der Waals surface area contributed by atoms with E-state index in [0.717, 1.165) is 16.7 Å². The third-order valence-corrected chi connectivity index (χ3v) is 4.74. The van der Waals surface area contributed by atoms with Crippen LogP contribution in [0.2, 0.25) is 5.02 Å². The number of hydrogen-bond donors (Lipinski definition) is 3. The number of halogens is 1. The molecule has 2 aromatic rings. The third-order valence-electron chi connectivity index (χ3n) is 4.19. The van der Waals surface area contributed by atoms with Gasteiger partial charge in [0.15, 0.2) is 5.11 Å². The van der Waals surface area contributed by atoms with Gasteiger partial charge in [-0.15, -0.1) is 0 Å². The molecule has 6 nitrogen and oxygen atoms in total. The van der Waals surface area contributed by atoms with Gasteiger partial charge in [-0.2, -0.15) is 5.10 Å². The Bertz CT molecular complexity index is 905. The second-order valence-corrected chi connectivity index (χ2v) is 7.12. The topological polar surface area (TPSA) is 71.0 Å². The van der Waals surface area contributed by atoms with Crippen molar-refractivity contribution in [1.29, 1.82) is 0 Å². The predicted octanol–water partition coefficient (Wildman–Crippen LogP) is 2.49. The van der Waals surface area contributed by atoms with Crippen LogP contribution in [0.1, 0.15) is 29.7 Å². The summed E-state index contributed by atoms with van der Waals surface area (Å²) in [5.41, 5.74) is 4.06. The summed E-state index contributed by atoms with van der Waals surface area (Å²) in [6.45, 7) is 4.20. The smallest absolute Gasteiger partial charge is 0.251 e. The van der Waals surface area contributed by atoms with Crippen LogP contribution in [-0.2, 0) is 18.4 Å². The number of aryl methyl sites for hydroxylation is 2. The summed E-state index contributed by atoms with van der Waals surface area (Å²) in [6, 6.07) is 5.36. The summed E-state index contributed by atoms with van der Waals surface area (Å²) in [5, 5.41) is 14.3. The van der Waals surface area contributed by atoms with Crippen LogP contribution in [0, 0.1) is 6.92 Å². The number of carbonyl (C=O) groups excluding carboxylic acids is 1. The lowest BCUT2D eigenvalue weighted by Gasteiger charge is -2.31. The van der Waals surface area contributed by atoms with Crippen molar-refractivity contribution >= 4 is 34.8 Å². The van der Waals surface area contributed by atoms with Gasteiger partial charge in [0.1, 0.15) is 0 Å². The summed E-state index contributed by atoms with van der Waals surface area (Å²) in [5.74, 6) is -0.185. The van der Waals surface area contributed by atoms with Crippen LogP contribution in [0.4, 0.5) is 0 Å². The molecule has 1 unspecified atom stereocenters. The number of aromatic nitrogens is 2. The van der Waals surface area contributed by atoms with E-state index in [1.54, 1.807) is 10.9 Å². The largest absolute Gasteiger partial charge is 0.351 e. The third kappa shape index (κ3) is 3.89. The monoisotopic (exact) mass is 389 g/mol. The Balaban J connectivity index is 1.88. The lowest BCUT2D eigenvalue weighted by molar-refractivity contribution is -0.118. The molecule has 1 aromatic heterocycles. The van der Waals surface area contributed by atoms with Crippen molar-refractivity contribution in [3.63, 3.8) is 0 Å². The number of amides is 1. The van der Waals surface area contributed by atoms with Crippen molar-refractivity contribution in [2.75, 3.05) is 0 Å². The van der Waals surface area contributed by atoms with E-state index in [4.69, 9.17) is 23.8 Å². The van der Waals surface area contributed by atoms with E-state index in [1.807, 2.05) is 45.3 Å². The molecule has 0 fully saturated rings. The Hall–Kier alpha value is -2.38. The van der Waals surface area contributed by atoms with Gasteiger partial charge in [-0.05, 0) is 43.3 Å². The van der Waals surface area contributed by atoms with Crippen LogP contribution in [0.25, 0.3) is 0 Å². The van der Waals surface area contributed by atoms with E-state index in [0.29, 0.717) is 27.9 Å². The molecule has 1 aliphatic rings. The van der Waals surface area contributed by atoms with Crippen LogP contribution in [0.5, 0.6) is 0 Å². The molecule has 1 atom stereocenters. The fraction of sp³-hybridized carbons (Fsp3) is 0.278. The zero-order valence-corrected chi connectivity index (χ0v) is 16.3. The van der Waals surface area contributed by atoms with Crippen molar-refractivity contribution < 1.29 is 4.79 Å². The van der Waals surface area contributed by atoms with Crippen molar-refractivity contribution in [3.05, 3.63) is 63.6 Å². The number of nitrogens with zero attached hydrogens (tertiary/aromatic N) is 2. The minimum atomic E-state index is -0.411. The molecule has 3 rings (SSSR count). The molecule has 3 N–H and O–H groups in total. The van der Waals surface area contributed by atoms with Gasteiger partial charge in [-0.3, -0.25) is 9.48 Å². The first-order valence-corrected chi connectivity index (χ1v) is 8.94. The second-order valence-electron chi connectivity index (χ2n) is 6.30. The van der Waals surface area contributed by atoms with Gasteiger partial charge in [0.2, 0.25) is 0 Å². The highest BCUT2D eigenvalue weighted by Crippen LogP contribution is 2.32. The first-order chi connectivity index (χ1) is 12.3. The fourth-order valence-electron chi connectivity index (χ4n) is 2.94. The SMILES string of the molecule is CC1=C(C(=O)NCc2cnn(C)c2)C(c2ccc(C)cc2Cl)NC(=S)N1. The normalized spacial score (nSPS) is 16.9. The number of nitrogens with one attached hydrogen (secondary N) is 3. The van der Waals surface area contributed by atoms with Gasteiger partial charge in [0.25, 0.3) is 5.91 Å². The Morgan fingerprint density at radius 1 is 1.42 bits per heavy atom. The Morgan fingerprint density at radius 2 is 2.19 bits per heavy atom. The van der Waals surface area contributed by atoms with Crippen LogP contribution in [-0.4, -0.2) is 20.8 Å². The van der Waals surface area contributed by atoms with Gasteiger partial charge >= 0.3 is 0 Å². The Kier molecular flexibility index (Phi) is 5.29. The van der Waals surface area contributed by atoms with E-state index >= 15 is 0 Å². The quantitative estimate of drug-likeness (QED) is 0.701. The van der Waals surface area contributed by atoms with Crippen LogP contribution < -0.4 is 16.0 Å². The number of benzene rings is 1. The van der Waals surface area contributed by atoms with Gasteiger partial charge in [0.05, 0.1) is 17.8 Å². The molecule has 1 aromatic carbocycles. The average molecular weight is 390 g/mol. The van der Waals surface area contributed by atoms with E-state index in [9.17, 15) is 4.79 Å². The molecule has 26 heavy (non-hydrogen) atoms. The zero-order chi connectivity index (χ0) is 18.8. The Labute approximate surface area is 162 Å². The molecule has 0 radical (unpaired) electrons. The molecule has 0 aliphatic carbocycles. The van der Waals surface area contributed by atoms with E-state index in [-0.39, 0.29) is 5.91 Å². The maximum atomic E-state index is 12.9. The van der Waals surface area contributed by atoms with Crippen molar-refractivity contribution in [3.8, 4) is 0 Å². The second kappa shape index (κ2) is 7.47. The van der Waals surface area contributed by atoms with Crippen molar-refractivity contribution in [1.82, 2.24) is 25.7 Å². The number of rotatable bonds is 4. The molecule has 1 aliphatic heterocycles. The lowest BCUT2D eigenvalue weighted by atomic mass is 9.94. The summed E-state index contributed by atoms with van der Waals surface area (Å²) in [4.78, 5) is 12.9. The van der Waals surface area contributed by atoms with E-state index in [1.165, 1.54) is 0 Å². The summed E-state index contributed by atoms with van der Waals surface area (Å²) in [6.07, 6.45) is 3.59.